The molecular formula is C34H51NaO7. The number of carbonyl (C=O) groups is 1. The van der Waals surface area contributed by atoms with Gasteiger partial charge in [-0.25, -0.2) is 0 Å². The van der Waals surface area contributed by atoms with Crippen molar-refractivity contribution in [2.45, 2.75) is 123 Å². The average Bonchev–Trinajstić information content (AvgIpc) is 3.32. The molecule has 8 heteroatoms. The zero-order valence-electron chi connectivity index (χ0n) is 31.5. The summed E-state index contributed by atoms with van der Waals surface area (Å²) < 4.78 is 58.0. The van der Waals surface area contributed by atoms with Crippen molar-refractivity contribution in [2.24, 2.45) is 35.0 Å². The van der Waals surface area contributed by atoms with Gasteiger partial charge < -0.3 is 34.7 Å². The first-order chi connectivity index (χ1) is 21.8. The van der Waals surface area contributed by atoms with Gasteiger partial charge >= 0.3 is 29.6 Å². The molecule has 3 aliphatic carbocycles. The molecule has 3 N–H and O–H groups in total. The minimum atomic E-state index is -2.58. The maximum Gasteiger partial charge on any atom is 1.00 e. The summed E-state index contributed by atoms with van der Waals surface area (Å²) in [6.07, 6.45) is 6.03. The van der Waals surface area contributed by atoms with E-state index in [1.54, 1.807) is 13.0 Å². The molecule has 4 rings (SSSR count). The molecule has 1 aliphatic heterocycles. The fourth-order valence-electron chi connectivity index (χ4n) is 7.58. The van der Waals surface area contributed by atoms with E-state index in [1.807, 2.05) is 6.08 Å². The molecular weight excluding hydrogens is 543 g/mol. The second-order valence-electron chi connectivity index (χ2n) is 12.9. The zero-order chi connectivity index (χ0) is 35.1. The summed E-state index contributed by atoms with van der Waals surface area (Å²) in [6.45, 7) is 5.26. The standard InChI is InChI=1S/C34H52O7.Na/c1-19(2)20(3)9-10-22(5)26-15-16-27-23(8-7-17-34(26,27)6)12-13-24-18-25(14-11-21(24)4)40-33-30(37)28(35)29(36)31(41-33)32(38)39;/h9-10,12-13,19-20,22,25-31,33,35-37H,4,7-8,11,14-18H2,1-3,5-6H3,(H,38,39);/q;+1/p-1/b10-9+,23-12+,24-13-;/t20-,22+,25-,26+,27-,28-,29-,30+,31-,33+,34+;/m0./s1/i1D3,2D3;. The van der Waals surface area contributed by atoms with Crippen LogP contribution >= 0.6 is 0 Å². The maximum atomic E-state index is 11.4. The molecule has 4 aliphatic rings. The second kappa shape index (κ2) is 15.0. The van der Waals surface area contributed by atoms with E-state index in [0.29, 0.717) is 31.1 Å². The van der Waals surface area contributed by atoms with Crippen LogP contribution in [0, 0.1) is 35.0 Å². The molecule has 11 atom stereocenters. The molecule has 0 spiro atoms. The van der Waals surface area contributed by atoms with Crippen molar-refractivity contribution in [3.05, 3.63) is 47.6 Å². The summed E-state index contributed by atoms with van der Waals surface area (Å²) in [5.41, 5.74) is 3.38. The van der Waals surface area contributed by atoms with Gasteiger partial charge in [-0.2, -0.15) is 0 Å². The van der Waals surface area contributed by atoms with E-state index >= 15 is 0 Å². The van der Waals surface area contributed by atoms with Gasteiger partial charge in [0.25, 0.3) is 0 Å². The Hall–Kier alpha value is -0.770. The summed E-state index contributed by atoms with van der Waals surface area (Å²) in [7, 11) is 0. The number of aliphatic hydroxyl groups excluding tert-OH is 3. The van der Waals surface area contributed by atoms with Gasteiger partial charge in [-0.3, -0.25) is 0 Å². The average molecular weight is 601 g/mol. The van der Waals surface area contributed by atoms with E-state index in [2.05, 4.69) is 32.6 Å². The van der Waals surface area contributed by atoms with Gasteiger partial charge in [0.05, 0.1) is 12.1 Å². The number of hydrogen-bond acceptors (Lipinski definition) is 7. The molecule has 0 aromatic heterocycles. The Morgan fingerprint density at radius 3 is 2.55 bits per heavy atom. The molecule has 4 fully saturated rings. The zero-order valence-corrected chi connectivity index (χ0v) is 27.5. The number of carboxylic acid groups (broad SMARTS) is 1. The fraction of sp³-hybridized carbons (Fsp3) is 0.735. The van der Waals surface area contributed by atoms with Gasteiger partial charge in [0.15, 0.2) is 6.29 Å². The quantitative estimate of drug-likeness (QED) is 0.283. The van der Waals surface area contributed by atoms with Gasteiger partial charge in [0.2, 0.25) is 0 Å². The first-order valence-corrected chi connectivity index (χ1v) is 15.1. The number of carbonyl (C=O) groups excluding carboxylic acids is 1. The van der Waals surface area contributed by atoms with Crippen molar-refractivity contribution in [2.75, 3.05) is 0 Å². The van der Waals surface area contributed by atoms with Crippen molar-refractivity contribution < 1.29 is 72.5 Å². The molecule has 0 radical (unpaired) electrons. The summed E-state index contributed by atoms with van der Waals surface area (Å²) in [5.74, 6) is -2.83. The van der Waals surface area contributed by atoms with E-state index in [9.17, 15) is 25.2 Å². The van der Waals surface area contributed by atoms with Crippen LogP contribution in [0.4, 0.5) is 0 Å². The number of fused-ring (bicyclic) bond motifs is 1. The van der Waals surface area contributed by atoms with Gasteiger partial charge in [-0.15, -0.1) is 0 Å². The molecule has 230 valence electrons. The van der Waals surface area contributed by atoms with E-state index in [0.717, 1.165) is 43.3 Å². The third-order valence-electron chi connectivity index (χ3n) is 10.2. The van der Waals surface area contributed by atoms with Crippen molar-refractivity contribution in [3.63, 3.8) is 0 Å². The van der Waals surface area contributed by atoms with Crippen molar-refractivity contribution in [1.29, 1.82) is 0 Å². The van der Waals surface area contributed by atoms with Crippen molar-refractivity contribution in [3.8, 4) is 0 Å². The second-order valence-corrected chi connectivity index (χ2v) is 12.9. The molecule has 0 bridgehead atoms. The Balaban J connectivity index is 0.00000625. The third-order valence-corrected chi connectivity index (χ3v) is 10.2. The third kappa shape index (κ3) is 7.71. The van der Waals surface area contributed by atoms with Gasteiger partial charge in [0, 0.05) is 8.22 Å². The SMILES string of the molecule is [2H]C([2H])([2H])C([C@@H](C)/C=C/[C@@H](C)[C@H]1CC[C@H]2/C(=C/C=C3/C[C@@H](O[C@@H]4O[C@H](C(=O)[O-])[C@@H](O)[C@H](O)[C@H]4O)CCC3=C)CCC[C@]12C)C([2H])([2H])[2H].[Na+]. The first-order valence-electron chi connectivity index (χ1n) is 18.1. The predicted octanol–water partition coefficient (Wildman–Crippen LogP) is 1.23. The van der Waals surface area contributed by atoms with Crippen molar-refractivity contribution >= 4 is 5.97 Å². The molecule has 0 aromatic carbocycles. The number of hydrogen-bond donors (Lipinski definition) is 3. The van der Waals surface area contributed by atoms with Crippen LogP contribution in [-0.4, -0.2) is 58.1 Å². The largest absolute Gasteiger partial charge is 1.00 e. The summed E-state index contributed by atoms with van der Waals surface area (Å²) in [5, 5.41) is 41.9. The minimum Gasteiger partial charge on any atom is -0.547 e. The minimum absolute atomic E-state index is 0. The van der Waals surface area contributed by atoms with Gasteiger partial charge in [0.1, 0.15) is 24.4 Å². The molecule has 1 saturated heterocycles. The monoisotopic (exact) mass is 600 g/mol. The molecule has 1 heterocycles. The molecule has 3 saturated carbocycles. The maximum absolute atomic E-state index is 11.4. The molecule has 7 nitrogen and oxygen atoms in total. The number of ether oxygens (including phenoxy) is 2. The fourth-order valence-corrected chi connectivity index (χ4v) is 7.58. The number of aliphatic hydroxyl groups is 3. The van der Waals surface area contributed by atoms with Crippen LogP contribution in [0.5, 0.6) is 0 Å². The number of aliphatic carboxylic acids is 1. The van der Waals surface area contributed by atoms with Gasteiger partial charge in [-0.1, -0.05) is 76.5 Å². The van der Waals surface area contributed by atoms with E-state index in [1.165, 1.54) is 5.57 Å². The van der Waals surface area contributed by atoms with Crippen LogP contribution in [0.15, 0.2) is 47.6 Å². The molecule has 0 unspecified atom stereocenters. The topological polar surface area (TPSA) is 119 Å². The number of allylic oxidation sites excluding steroid dienone is 6. The number of carboxylic acids is 1. The van der Waals surface area contributed by atoms with Crippen LogP contribution in [0.3, 0.4) is 0 Å². The van der Waals surface area contributed by atoms with Crippen LogP contribution < -0.4 is 34.7 Å². The summed E-state index contributed by atoms with van der Waals surface area (Å²) in [4.78, 5) is 11.4. The van der Waals surface area contributed by atoms with E-state index in [4.69, 9.17) is 17.7 Å². The summed E-state index contributed by atoms with van der Waals surface area (Å²) in [6, 6.07) is 0. The van der Waals surface area contributed by atoms with Crippen LogP contribution in [0.25, 0.3) is 0 Å². The Labute approximate surface area is 282 Å². The van der Waals surface area contributed by atoms with Crippen LogP contribution in [0.2, 0.25) is 0 Å². The first kappa shape index (κ1) is 27.5. The predicted molar refractivity (Wildman–Crippen MR) is 156 cm³/mol. The summed E-state index contributed by atoms with van der Waals surface area (Å²) >= 11 is 0. The Bertz CT molecular complexity index is 1240. The van der Waals surface area contributed by atoms with Gasteiger partial charge in [-0.05, 0) is 91.9 Å². The van der Waals surface area contributed by atoms with Crippen LogP contribution in [0.1, 0.15) is 94.1 Å². The molecule has 0 aromatic rings. The smallest absolute Gasteiger partial charge is 0.547 e. The van der Waals surface area contributed by atoms with Crippen molar-refractivity contribution in [1.82, 2.24) is 0 Å². The number of rotatable bonds is 8. The van der Waals surface area contributed by atoms with E-state index in [-0.39, 0.29) is 40.9 Å². The Morgan fingerprint density at radius 2 is 1.86 bits per heavy atom. The molecule has 0 amide bonds. The Morgan fingerprint density at radius 1 is 1.12 bits per heavy atom. The van der Waals surface area contributed by atoms with Crippen LogP contribution in [-0.2, 0) is 14.3 Å². The molecule has 42 heavy (non-hydrogen) atoms. The Kier molecular flexibility index (Phi) is 9.84. The van der Waals surface area contributed by atoms with E-state index < -0.39 is 68.3 Å². The normalized spacial score (nSPS) is 43.5.